The maximum absolute atomic E-state index is 5.29. The third-order valence-electron chi connectivity index (χ3n) is 3.58. The summed E-state index contributed by atoms with van der Waals surface area (Å²) in [6.45, 7) is 13.6. The van der Waals surface area contributed by atoms with Crippen LogP contribution >= 0.6 is 12.4 Å². The molecule has 4 heteroatoms. The fraction of sp³-hybridized carbons (Fsp3) is 1.00. The molecule has 0 radical (unpaired) electrons. The SMILES string of the molecule is CCNCC1CCN(CC(C)(C)COC)CC1.Cl. The number of ether oxygens (including phenoxy) is 1. The molecule has 0 spiro atoms. The molecule has 1 heterocycles. The lowest BCUT2D eigenvalue weighted by molar-refractivity contribution is 0.0567. The summed E-state index contributed by atoms with van der Waals surface area (Å²) >= 11 is 0. The molecule has 18 heavy (non-hydrogen) atoms. The normalized spacial score (nSPS) is 18.7. The van der Waals surface area contributed by atoms with Gasteiger partial charge in [-0.2, -0.15) is 0 Å². The molecule has 0 bridgehead atoms. The first-order valence-electron chi connectivity index (χ1n) is 6.99. The van der Waals surface area contributed by atoms with E-state index in [1.54, 1.807) is 7.11 Å². The molecule has 1 aliphatic heterocycles. The molecule has 0 unspecified atom stereocenters. The summed E-state index contributed by atoms with van der Waals surface area (Å²) in [5.41, 5.74) is 0.281. The van der Waals surface area contributed by atoms with Gasteiger partial charge in [-0.25, -0.2) is 0 Å². The minimum absolute atomic E-state index is 0. The van der Waals surface area contributed by atoms with Crippen LogP contribution in [0.5, 0.6) is 0 Å². The van der Waals surface area contributed by atoms with Crippen LogP contribution < -0.4 is 5.32 Å². The largest absolute Gasteiger partial charge is 0.384 e. The lowest BCUT2D eigenvalue weighted by Gasteiger charge is -2.37. The Morgan fingerprint density at radius 1 is 1.28 bits per heavy atom. The standard InChI is InChI=1S/C14H30N2O.ClH/c1-5-15-10-13-6-8-16(9-7-13)11-14(2,3)12-17-4;/h13,15H,5-12H2,1-4H3;1H. The molecule has 0 atom stereocenters. The summed E-state index contributed by atoms with van der Waals surface area (Å²) in [6.07, 6.45) is 2.69. The Hall–Kier alpha value is 0.170. The Labute approximate surface area is 119 Å². The lowest BCUT2D eigenvalue weighted by atomic mass is 9.91. The van der Waals surface area contributed by atoms with Gasteiger partial charge in [0.05, 0.1) is 6.61 Å². The van der Waals surface area contributed by atoms with Crippen LogP contribution in [0.1, 0.15) is 33.6 Å². The first kappa shape index (κ1) is 18.2. The Morgan fingerprint density at radius 2 is 1.89 bits per heavy atom. The first-order valence-corrected chi connectivity index (χ1v) is 6.99. The van der Waals surface area contributed by atoms with E-state index in [1.807, 2.05) is 0 Å². The highest BCUT2D eigenvalue weighted by molar-refractivity contribution is 5.85. The Bertz CT molecular complexity index is 204. The van der Waals surface area contributed by atoms with Crippen molar-refractivity contribution in [3.63, 3.8) is 0 Å². The average Bonchev–Trinajstić information content (AvgIpc) is 2.27. The number of hydrogen-bond acceptors (Lipinski definition) is 3. The Balaban J connectivity index is 0.00000289. The molecule has 1 aliphatic rings. The quantitative estimate of drug-likeness (QED) is 0.774. The smallest absolute Gasteiger partial charge is 0.0525 e. The van der Waals surface area contributed by atoms with Gasteiger partial charge in [0.2, 0.25) is 0 Å². The third kappa shape index (κ3) is 6.93. The summed E-state index contributed by atoms with van der Waals surface area (Å²) in [7, 11) is 1.80. The Kier molecular flexibility index (Phi) is 9.22. The van der Waals surface area contributed by atoms with E-state index in [2.05, 4.69) is 31.0 Å². The molecule has 3 nitrogen and oxygen atoms in total. The number of rotatable bonds is 7. The Morgan fingerprint density at radius 3 is 2.39 bits per heavy atom. The molecule has 0 amide bonds. The summed E-state index contributed by atoms with van der Waals surface area (Å²) in [4.78, 5) is 2.60. The minimum atomic E-state index is 0. The number of nitrogens with one attached hydrogen (secondary N) is 1. The highest BCUT2D eigenvalue weighted by Crippen LogP contribution is 2.22. The lowest BCUT2D eigenvalue weighted by Crippen LogP contribution is -2.43. The first-order chi connectivity index (χ1) is 8.07. The number of methoxy groups -OCH3 is 1. The van der Waals surface area contributed by atoms with E-state index < -0.39 is 0 Å². The van der Waals surface area contributed by atoms with E-state index in [0.29, 0.717) is 0 Å². The molecular weight excluding hydrogens is 248 g/mol. The average molecular weight is 279 g/mol. The fourth-order valence-corrected chi connectivity index (χ4v) is 2.74. The van der Waals surface area contributed by atoms with E-state index in [-0.39, 0.29) is 17.8 Å². The van der Waals surface area contributed by atoms with Crippen molar-refractivity contribution in [1.29, 1.82) is 0 Å². The van der Waals surface area contributed by atoms with Gasteiger partial charge in [-0.1, -0.05) is 20.8 Å². The predicted octanol–water partition coefficient (Wildman–Crippen LogP) is 2.40. The zero-order valence-electron chi connectivity index (χ0n) is 12.5. The van der Waals surface area contributed by atoms with Gasteiger partial charge in [0.1, 0.15) is 0 Å². The van der Waals surface area contributed by atoms with E-state index in [1.165, 1.54) is 32.5 Å². The van der Waals surface area contributed by atoms with Crippen molar-refractivity contribution in [2.45, 2.75) is 33.6 Å². The molecular formula is C14H31ClN2O. The molecule has 1 N–H and O–H groups in total. The highest BCUT2D eigenvalue weighted by atomic mass is 35.5. The van der Waals surface area contributed by atoms with E-state index in [4.69, 9.17) is 4.74 Å². The number of hydrogen-bond donors (Lipinski definition) is 1. The summed E-state index contributed by atoms with van der Waals surface area (Å²) in [5.74, 6) is 0.886. The van der Waals surface area contributed by atoms with Gasteiger partial charge in [-0.05, 0) is 44.9 Å². The third-order valence-corrected chi connectivity index (χ3v) is 3.58. The molecule has 0 aromatic carbocycles. The van der Waals surface area contributed by atoms with Crippen molar-refractivity contribution in [3.8, 4) is 0 Å². The zero-order chi connectivity index (χ0) is 12.7. The summed E-state index contributed by atoms with van der Waals surface area (Å²) < 4.78 is 5.29. The van der Waals surface area contributed by atoms with Crippen molar-refractivity contribution in [2.24, 2.45) is 11.3 Å². The number of likely N-dealkylation sites (tertiary alicyclic amines) is 1. The number of nitrogens with zero attached hydrogens (tertiary/aromatic N) is 1. The fourth-order valence-electron chi connectivity index (χ4n) is 2.74. The molecule has 1 rings (SSSR count). The van der Waals surface area contributed by atoms with Crippen LogP contribution in [-0.4, -0.2) is 51.3 Å². The monoisotopic (exact) mass is 278 g/mol. The highest BCUT2D eigenvalue weighted by Gasteiger charge is 2.25. The second kappa shape index (κ2) is 9.13. The molecule has 110 valence electrons. The van der Waals surface area contributed by atoms with Crippen molar-refractivity contribution in [2.75, 3.05) is 46.4 Å². The van der Waals surface area contributed by atoms with Crippen LogP contribution in [0.2, 0.25) is 0 Å². The van der Waals surface area contributed by atoms with Crippen molar-refractivity contribution < 1.29 is 4.74 Å². The van der Waals surface area contributed by atoms with E-state index >= 15 is 0 Å². The van der Waals surface area contributed by atoms with Crippen LogP contribution in [0.15, 0.2) is 0 Å². The van der Waals surface area contributed by atoms with Gasteiger partial charge in [0.25, 0.3) is 0 Å². The van der Waals surface area contributed by atoms with Crippen molar-refractivity contribution >= 4 is 12.4 Å². The summed E-state index contributed by atoms with van der Waals surface area (Å²) in [5, 5.41) is 3.46. The zero-order valence-corrected chi connectivity index (χ0v) is 13.3. The molecule has 1 saturated heterocycles. The number of piperidine rings is 1. The number of halogens is 1. The van der Waals surface area contributed by atoms with Gasteiger partial charge in [0, 0.05) is 19.1 Å². The van der Waals surface area contributed by atoms with Gasteiger partial charge < -0.3 is 15.0 Å². The molecule has 1 fully saturated rings. The van der Waals surface area contributed by atoms with E-state index in [0.717, 1.165) is 25.6 Å². The maximum atomic E-state index is 5.29. The van der Waals surface area contributed by atoms with Gasteiger partial charge in [-0.15, -0.1) is 12.4 Å². The second-order valence-electron chi connectivity index (χ2n) is 6.12. The van der Waals surface area contributed by atoms with Crippen molar-refractivity contribution in [3.05, 3.63) is 0 Å². The molecule has 0 aliphatic carbocycles. The van der Waals surface area contributed by atoms with Crippen LogP contribution in [0.4, 0.5) is 0 Å². The van der Waals surface area contributed by atoms with E-state index in [9.17, 15) is 0 Å². The second-order valence-corrected chi connectivity index (χ2v) is 6.12. The maximum Gasteiger partial charge on any atom is 0.0525 e. The van der Waals surface area contributed by atoms with Gasteiger partial charge in [0.15, 0.2) is 0 Å². The topological polar surface area (TPSA) is 24.5 Å². The van der Waals surface area contributed by atoms with Gasteiger partial charge in [-0.3, -0.25) is 0 Å². The van der Waals surface area contributed by atoms with Crippen LogP contribution in [0.3, 0.4) is 0 Å². The molecule has 0 aromatic heterocycles. The van der Waals surface area contributed by atoms with Gasteiger partial charge >= 0.3 is 0 Å². The molecule has 0 saturated carbocycles. The van der Waals surface area contributed by atoms with Crippen LogP contribution in [0.25, 0.3) is 0 Å². The molecule has 0 aromatic rings. The predicted molar refractivity (Wildman–Crippen MR) is 80.6 cm³/mol. The minimum Gasteiger partial charge on any atom is -0.384 e. The van der Waals surface area contributed by atoms with Crippen LogP contribution in [0, 0.1) is 11.3 Å². The van der Waals surface area contributed by atoms with Crippen molar-refractivity contribution in [1.82, 2.24) is 10.2 Å². The van der Waals surface area contributed by atoms with Crippen LogP contribution in [-0.2, 0) is 4.74 Å². The summed E-state index contributed by atoms with van der Waals surface area (Å²) in [6, 6.07) is 0.